The zero-order valence-electron chi connectivity index (χ0n) is 16.0. The lowest BCUT2D eigenvalue weighted by Gasteiger charge is -2.39. The third kappa shape index (κ3) is 3.98. The number of carbonyl (C=O) groups is 1. The molecule has 7 nitrogen and oxygen atoms in total. The van der Waals surface area contributed by atoms with Gasteiger partial charge >= 0.3 is 0 Å². The van der Waals surface area contributed by atoms with E-state index in [9.17, 15) is 4.79 Å². The van der Waals surface area contributed by atoms with Crippen LogP contribution in [-0.4, -0.2) is 58.1 Å². The SMILES string of the molecule is Cc1cccc(C)c1OC1CN(C(=O)c2cn(C[C@H]3CCCNC3)nn2)C1. The second kappa shape index (κ2) is 7.68. The zero-order valence-corrected chi connectivity index (χ0v) is 16.0. The Labute approximate surface area is 159 Å². The topological polar surface area (TPSA) is 72.3 Å². The number of hydrogen-bond acceptors (Lipinski definition) is 5. The monoisotopic (exact) mass is 369 g/mol. The Morgan fingerprint density at radius 3 is 2.78 bits per heavy atom. The van der Waals surface area contributed by atoms with Crippen molar-refractivity contribution in [3.8, 4) is 5.75 Å². The number of ether oxygens (including phenoxy) is 1. The molecular weight excluding hydrogens is 342 g/mol. The van der Waals surface area contributed by atoms with Crippen molar-refractivity contribution in [2.75, 3.05) is 26.2 Å². The molecule has 0 aliphatic carbocycles. The average molecular weight is 369 g/mol. The maximum Gasteiger partial charge on any atom is 0.276 e. The van der Waals surface area contributed by atoms with E-state index in [-0.39, 0.29) is 12.0 Å². The highest BCUT2D eigenvalue weighted by Crippen LogP contribution is 2.26. The molecule has 3 heterocycles. The number of aromatic nitrogens is 3. The lowest BCUT2D eigenvalue weighted by Crippen LogP contribution is -2.56. The molecule has 0 saturated carbocycles. The molecule has 4 rings (SSSR count). The van der Waals surface area contributed by atoms with Gasteiger partial charge in [0, 0.05) is 6.54 Å². The molecule has 0 unspecified atom stereocenters. The normalized spacial score (nSPS) is 20.4. The predicted molar refractivity (Wildman–Crippen MR) is 102 cm³/mol. The fourth-order valence-corrected chi connectivity index (χ4v) is 3.82. The summed E-state index contributed by atoms with van der Waals surface area (Å²) in [6.07, 6.45) is 4.20. The Morgan fingerprint density at radius 1 is 1.30 bits per heavy atom. The summed E-state index contributed by atoms with van der Waals surface area (Å²) < 4.78 is 7.89. The van der Waals surface area contributed by atoms with E-state index in [1.807, 2.05) is 32.0 Å². The van der Waals surface area contributed by atoms with Crippen LogP contribution in [0.3, 0.4) is 0 Å². The number of nitrogens with one attached hydrogen (secondary N) is 1. The van der Waals surface area contributed by atoms with Crippen LogP contribution in [0.1, 0.15) is 34.5 Å². The summed E-state index contributed by atoms with van der Waals surface area (Å²) in [7, 11) is 0. The number of piperidine rings is 1. The van der Waals surface area contributed by atoms with E-state index in [2.05, 4.69) is 15.6 Å². The summed E-state index contributed by atoms with van der Waals surface area (Å²) >= 11 is 0. The fourth-order valence-electron chi connectivity index (χ4n) is 3.82. The van der Waals surface area contributed by atoms with Gasteiger partial charge in [0.1, 0.15) is 11.9 Å². The van der Waals surface area contributed by atoms with E-state index in [1.165, 1.54) is 12.8 Å². The van der Waals surface area contributed by atoms with E-state index < -0.39 is 0 Å². The zero-order chi connectivity index (χ0) is 18.8. The fraction of sp³-hybridized carbons (Fsp3) is 0.550. The summed E-state index contributed by atoms with van der Waals surface area (Å²) in [6, 6.07) is 6.12. The Kier molecular flexibility index (Phi) is 5.11. The molecule has 1 aromatic carbocycles. The van der Waals surface area contributed by atoms with Crippen LogP contribution < -0.4 is 10.1 Å². The molecule has 0 bridgehead atoms. The smallest absolute Gasteiger partial charge is 0.276 e. The van der Waals surface area contributed by atoms with Crippen molar-refractivity contribution in [2.45, 2.75) is 39.3 Å². The van der Waals surface area contributed by atoms with E-state index in [0.29, 0.717) is 24.7 Å². The molecule has 2 aliphatic heterocycles. The van der Waals surface area contributed by atoms with Crippen LogP contribution in [0.25, 0.3) is 0 Å². The Balaban J connectivity index is 1.30. The van der Waals surface area contributed by atoms with E-state index >= 15 is 0 Å². The quantitative estimate of drug-likeness (QED) is 0.870. The lowest BCUT2D eigenvalue weighted by atomic mass is 10.00. The van der Waals surface area contributed by atoms with Crippen LogP contribution in [0.2, 0.25) is 0 Å². The second-order valence-electron chi connectivity index (χ2n) is 7.71. The number of carbonyl (C=O) groups excluding carboxylic acids is 1. The highest BCUT2D eigenvalue weighted by atomic mass is 16.5. The summed E-state index contributed by atoms with van der Waals surface area (Å²) in [5.41, 5.74) is 2.67. The highest BCUT2D eigenvalue weighted by molar-refractivity contribution is 5.92. The van der Waals surface area contributed by atoms with Crippen LogP contribution in [0.15, 0.2) is 24.4 Å². The lowest BCUT2D eigenvalue weighted by molar-refractivity contribution is 0.0168. The first-order valence-electron chi connectivity index (χ1n) is 9.73. The van der Waals surface area contributed by atoms with Crippen LogP contribution in [0, 0.1) is 19.8 Å². The summed E-state index contributed by atoms with van der Waals surface area (Å²) in [6.45, 7) is 8.18. The van der Waals surface area contributed by atoms with Crippen LogP contribution in [0.5, 0.6) is 5.75 Å². The van der Waals surface area contributed by atoms with E-state index in [4.69, 9.17) is 4.74 Å². The van der Waals surface area contributed by atoms with E-state index in [1.54, 1.807) is 15.8 Å². The van der Waals surface area contributed by atoms with Gasteiger partial charge < -0.3 is 15.0 Å². The number of rotatable bonds is 5. The molecule has 0 spiro atoms. The van der Waals surface area contributed by atoms with Crippen molar-refractivity contribution in [2.24, 2.45) is 5.92 Å². The first-order valence-corrected chi connectivity index (χ1v) is 9.73. The molecule has 1 N–H and O–H groups in total. The molecule has 1 amide bonds. The van der Waals surface area contributed by atoms with Crippen molar-refractivity contribution in [1.29, 1.82) is 0 Å². The Bertz CT molecular complexity index is 786. The van der Waals surface area contributed by atoms with Gasteiger partial charge in [-0.15, -0.1) is 5.10 Å². The maximum atomic E-state index is 12.6. The average Bonchev–Trinajstić information content (AvgIpc) is 3.09. The molecule has 2 fully saturated rings. The number of amides is 1. The number of aryl methyl sites for hydroxylation is 2. The van der Waals surface area contributed by atoms with Gasteiger partial charge in [0.15, 0.2) is 5.69 Å². The van der Waals surface area contributed by atoms with Gasteiger partial charge in [0.25, 0.3) is 5.91 Å². The van der Waals surface area contributed by atoms with Gasteiger partial charge in [-0.2, -0.15) is 0 Å². The van der Waals surface area contributed by atoms with Crippen molar-refractivity contribution in [1.82, 2.24) is 25.2 Å². The van der Waals surface area contributed by atoms with Crippen molar-refractivity contribution < 1.29 is 9.53 Å². The first-order chi connectivity index (χ1) is 13.1. The molecule has 2 saturated heterocycles. The van der Waals surface area contributed by atoms with Gasteiger partial charge in [-0.05, 0) is 56.8 Å². The molecule has 7 heteroatoms. The van der Waals surface area contributed by atoms with Crippen LogP contribution in [0.4, 0.5) is 0 Å². The van der Waals surface area contributed by atoms with Gasteiger partial charge in [-0.1, -0.05) is 23.4 Å². The standard InChI is InChI=1S/C20H27N5O2/c1-14-5-3-6-15(2)19(14)27-17-11-24(12-17)20(26)18-13-25(23-22-18)10-16-7-4-8-21-9-16/h3,5-6,13,16-17,21H,4,7-12H2,1-2H3/t16-/m0/s1. The number of nitrogens with zero attached hydrogens (tertiary/aromatic N) is 4. The predicted octanol–water partition coefficient (Wildman–Crippen LogP) is 1.80. The minimum Gasteiger partial charge on any atom is -0.486 e. The van der Waals surface area contributed by atoms with Crippen molar-refractivity contribution in [3.05, 3.63) is 41.2 Å². The molecule has 144 valence electrons. The first kappa shape index (κ1) is 18.0. The maximum absolute atomic E-state index is 12.6. The molecular formula is C20H27N5O2. The summed E-state index contributed by atoms with van der Waals surface area (Å²) in [4.78, 5) is 14.4. The van der Waals surface area contributed by atoms with Gasteiger partial charge in [0.05, 0.1) is 19.3 Å². The van der Waals surface area contributed by atoms with Gasteiger partial charge in [-0.3, -0.25) is 9.48 Å². The van der Waals surface area contributed by atoms with Gasteiger partial charge in [0.2, 0.25) is 0 Å². The Morgan fingerprint density at radius 2 is 2.07 bits per heavy atom. The van der Waals surface area contributed by atoms with Crippen LogP contribution >= 0.6 is 0 Å². The van der Waals surface area contributed by atoms with Crippen LogP contribution in [-0.2, 0) is 6.54 Å². The van der Waals surface area contributed by atoms with Crippen molar-refractivity contribution >= 4 is 5.91 Å². The third-order valence-corrected chi connectivity index (χ3v) is 5.43. The number of hydrogen-bond donors (Lipinski definition) is 1. The summed E-state index contributed by atoms with van der Waals surface area (Å²) in [5, 5.41) is 11.6. The molecule has 27 heavy (non-hydrogen) atoms. The second-order valence-corrected chi connectivity index (χ2v) is 7.71. The molecule has 1 aromatic heterocycles. The highest BCUT2D eigenvalue weighted by Gasteiger charge is 2.34. The van der Waals surface area contributed by atoms with E-state index in [0.717, 1.165) is 36.5 Å². The molecule has 0 radical (unpaired) electrons. The molecule has 2 aliphatic rings. The minimum absolute atomic E-state index is 0.0390. The minimum atomic E-state index is -0.0654. The number of benzene rings is 1. The Hall–Kier alpha value is -2.41. The molecule has 2 aromatic rings. The van der Waals surface area contributed by atoms with Crippen molar-refractivity contribution in [3.63, 3.8) is 0 Å². The number of likely N-dealkylation sites (tertiary alicyclic amines) is 1. The number of para-hydroxylation sites is 1. The third-order valence-electron chi connectivity index (χ3n) is 5.43. The molecule has 1 atom stereocenters. The van der Waals surface area contributed by atoms with Gasteiger partial charge in [-0.25, -0.2) is 0 Å². The largest absolute Gasteiger partial charge is 0.486 e. The summed E-state index contributed by atoms with van der Waals surface area (Å²) in [5.74, 6) is 1.42.